The van der Waals surface area contributed by atoms with E-state index in [0.717, 1.165) is 22.6 Å². The standard InChI is InChI=1S/C17H24N4OS/c1-5-20(12-16(22)18(2)3)13-21-11-15(19(4)17(21)23)14-9-7-6-8-10-14/h6-11H,5,12-13H2,1-4H3. The first-order valence-corrected chi connectivity index (χ1v) is 8.09. The van der Waals surface area contributed by atoms with Gasteiger partial charge in [-0.15, -0.1) is 0 Å². The molecule has 1 heterocycles. The molecule has 124 valence electrons. The van der Waals surface area contributed by atoms with Gasteiger partial charge in [0.2, 0.25) is 5.91 Å². The lowest BCUT2D eigenvalue weighted by molar-refractivity contribution is -0.130. The summed E-state index contributed by atoms with van der Waals surface area (Å²) in [4.78, 5) is 15.6. The molecule has 2 aromatic rings. The van der Waals surface area contributed by atoms with Crippen LogP contribution in [0.2, 0.25) is 0 Å². The van der Waals surface area contributed by atoms with Crippen LogP contribution in [0, 0.1) is 4.77 Å². The molecule has 5 nitrogen and oxygen atoms in total. The number of hydrogen-bond donors (Lipinski definition) is 0. The van der Waals surface area contributed by atoms with Crippen molar-refractivity contribution in [2.24, 2.45) is 7.05 Å². The van der Waals surface area contributed by atoms with E-state index in [4.69, 9.17) is 12.2 Å². The Hall–Kier alpha value is -1.92. The first kappa shape index (κ1) is 17.4. The molecule has 0 unspecified atom stereocenters. The molecule has 0 saturated heterocycles. The third-order valence-electron chi connectivity index (χ3n) is 3.90. The Morgan fingerprint density at radius 2 is 1.87 bits per heavy atom. The number of benzene rings is 1. The minimum atomic E-state index is 0.0950. The van der Waals surface area contributed by atoms with Crippen molar-refractivity contribution in [2.45, 2.75) is 13.6 Å². The van der Waals surface area contributed by atoms with E-state index >= 15 is 0 Å². The molecule has 0 radical (unpaired) electrons. The molecule has 0 N–H and O–H groups in total. The van der Waals surface area contributed by atoms with E-state index in [9.17, 15) is 4.79 Å². The second kappa shape index (κ2) is 7.57. The molecule has 0 fully saturated rings. The van der Waals surface area contributed by atoms with E-state index in [0.29, 0.717) is 13.2 Å². The monoisotopic (exact) mass is 332 g/mol. The average molecular weight is 332 g/mol. The lowest BCUT2D eigenvalue weighted by Crippen LogP contribution is -2.37. The number of likely N-dealkylation sites (N-methyl/N-ethyl adjacent to an activating group) is 2. The van der Waals surface area contributed by atoms with Crippen molar-refractivity contribution in [3.05, 3.63) is 41.3 Å². The Labute approximate surface area is 142 Å². The number of imidazole rings is 1. The number of aromatic nitrogens is 2. The molecule has 1 amide bonds. The zero-order valence-corrected chi connectivity index (χ0v) is 15.0. The Morgan fingerprint density at radius 3 is 2.43 bits per heavy atom. The molecular weight excluding hydrogens is 308 g/mol. The van der Waals surface area contributed by atoms with Gasteiger partial charge in [0.1, 0.15) is 0 Å². The van der Waals surface area contributed by atoms with Gasteiger partial charge in [0, 0.05) is 27.3 Å². The molecule has 0 spiro atoms. The van der Waals surface area contributed by atoms with E-state index in [1.54, 1.807) is 19.0 Å². The lowest BCUT2D eigenvalue weighted by Gasteiger charge is -2.22. The molecule has 0 aliphatic rings. The summed E-state index contributed by atoms with van der Waals surface area (Å²) < 4.78 is 4.77. The fourth-order valence-corrected chi connectivity index (χ4v) is 2.58. The summed E-state index contributed by atoms with van der Waals surface area (Å²) in [5.41, 5.74) is 2.21. The average Bonchev–Trinajstić information content (AvgIpc) is 2.83. The van der Waals surface area contributed by atoms with E-state index in [2.05, 4.69) is 23.2 Å². The molecule has 2 rings (SSSR count). The molecule has 0 aliphatic carbocycles. The summed E-state index contributed by atoms with van der Waals surface area (Å²) in [6.45, 7) is 3.83. The highest BCUT2D eigenvalue weighted by molar-refractivity contribution is 7.71. The van der Waals surface area contributed by atoms with Crippen molar-refractivity contribution in [3.63, 3.8) is 0 Å². The molecule has 23 heavy (non-hydrogen) atoms. The minimum absolute atomic E-state index is 0.0950. The van der Waals surface area contributed by atoms with Gasteiger partial charge in [-0.25, -0.2) is 0 Å². The predicted octanol–water partition coefficient (Wildman–Crippen LogP) is 2.59. The quantitative estimate of drug-likeness (QED) is 0.763. The summed E-state index contributed by atoms with van der Waals surface area (Å²) >= 11 is 5.55. The van der Waals surface area contributed by atoms with Gasteiger partial charge in [0.25, 0.3) is 0 Å². The van der Waals surface area contributed by atoms with Gasteiger partial charge in [0.15, 0.2) is 4.77 Å². The maximum absolute atomic E-state index is 11.9. The van der Waals surface area contributed by atoms with Crippen LogP contribution in [0.4, 0.5) is 0 Å². The van der Waals surface area contributed by atoms with Gasteiger partial charge in [0.05, 0.1) is 18.9 Å². The number of hydrogen-bond acceptors (Lipinski definition) is 3. The molecule has 6 heteroatoms. The van der Waals surface area contributed by atoms with E-state index in [1.807, 2.05) is 41.3 Å². The van der Waals surface area contributed by atoms with Crippen LogP contribution < -0.4 is 0 Å². The first-order chi connectivity index (χ1) is 10.9. The lowest BCUT2D eigenvalue weighted by atomic mass is 10.2. The van der Waals surface area contributed by atoms with Crippen LogP contribution >= 0.6 is 12.2 Å². The number of carbonyl (C=O) groups is 1. The number of carbonyl (C=O) groups excluding carboxylic acids is 1. The summed E-state index contributed by atoms with van der Waals surface area (Å²) in [7, 11) is 5.53. The smallest absolute Gasteiger partial charge is 0.236 e. The van der Waals surface area contributed by atoms with Crippen LogP contribution in [-0.2, 0) is 18.5 Å². The zero-order valence-electron chi connectivity index (χ0n) is 14.2. The number of nitrogens with zero attached hydrogens (tertiary/aromatic N) is 4. The molecule has 0 bridgehead atoms. The third kappa shape index (κ3) is 4.09. The van der Waals surface area contributed by atoms with E-state index < -0.39 is 0 Å². The van der Waals surface area contributed by atoms with Crippen molar-refractivity contribution in [1.82, 2.24) is 18.9 Å². The Balaban J connectivity index is 2.24. The van der Waals surface area contributed by atoms with Crippen LogP contribution in [0.25, 0.3) is 11.3 Å². The fraction of sp³-hybridized carbons (Fsp3) is 0.412. The largest absolute Gasteiger partial charge is 0.348 e. The van der Waals surface area contributed by atoms with Crippen LogP contribution in [0.1, 0.15) is 6.92 Å². The van der Waals surface area contributed by atoms with Crippen LogP contribution in [0.5, 0.6) is 0 Å². The second-order valence-electron chi connectivity index (χ2n) is 5.77. The van der Waals surface area contributed by atoms with Crippen LogP contribution in [-0.4, -0.2) is 52.0 Å². The van der Waals surface area contributed by atoms with Crippen LogP contribution in [0.3, 0.4) is 0 Å². The highest BCUT2D eigenvalue weighted by Gasteiger charge is 2.13. The minimum Gasteiger partial charge on any atom is -0.348 e. The van der Waals surface area contributed by atoms with E-state index in [-0.39, 0.29) is 5.91 Å². The predicted molar refractivity (Wildman–Crippen MR) is 95.6 cm³/mol. The highest BCUT2D eigenvalue weighted by Crippen LogP contribution is 2.20. The first-order valence-electron chi connectivity index (χ1n) is 7.68. The molecule has 0 saturated carbocycles. The maximum Gasteiger partial charge on any atom is 0.236 e. The topological polar surface area (TPSA) is 33.4 Å². The maximum atomic E-state index is 11.9. The fourth-order valence-electron chi connectivity index (χ4n) is 2.37. The van der Waals surface area contributed by atoms with Crippen LogP contribution in [0.15, 0.2) is 36.5 Å². The Kier molecular flexibility index (Phi) is 5.74. The Bertz CT molecular complexity index is 718. The molecule has 0 atom stereocenters. The summed E-state index contributed by atoms with van der Waals surface area (Å²) in [5, 5.41) is 0. The van der Waals surface area contributed by atoms with Gasteiger partial charge in [-0.1, -0.05) is 37.3 Å². The second-order valence-corrected chi connectivity index (χ2v) is 6.13. The van der Waals surface area contributed by atoms with Gasteiger partial charge >= 0.3 is 0 Å². The van der Waals surface area contributed by atoms with Crippen molar-refractivity contribution in [3.8, 4) is 11.3 Å². The van der Waals surface area contributed by atoms with Gasteiger partial charge in [-0.3, -0.25) is 9.69 Å². The van der Waals surface area contributed by atoms with Gasteiger partial charge in [-0.05, 0) is 24.3 Å². The van der Waals surface area contributed by atoms with Gasteiger partial charge < -0.3 is 14.0 Å². The van der Waals surface area contributed by atoms with Crippen molar-refractivity contribution in [2.75, 3.05) is 27.2 Å². The third-order valence-corrected chi connectivity index (χ3v) is 4.41. The van der Waals surface area contributed by atoms with Gasteiger partial charge in [-0.2, -0.15) is 0 Å². The van der Waals surface area contributed by atoms with E-state index in [1.165, 1.54) is 0 Å². The zero-order chi connectivity index (χ0) is 17.0. The Morgan fingerprint density at radius 1 is 1.22 bits per heavy atom. The molecule has 1 aromatic carbocycles. The van der Waals surface area contributed by atoms with Crippen molar-refractivity contribution >= 4 is 18.1 Å². The van der Waals surface area contributed by atoms with Crippen molar-refractivity contribution in [1.29, 1.82) is 0 Å². The van der Waals surface area contributed by atoms with Crippen molar-refractivity contribution < 1.29 is 4.79 Å². The molecule has 0 aliphatic heterocycles. The number of rotatable bonds is 6. The summed E-state index contributed by atoms with van der Waals surface area (Å²) in [5.74, 6) is 0.0950. The summed E-state index contributed by atoms with van der Waals surface area (Å²) in [6, 6.07) is 10.2. The normalized spacial score (nSPS) is 11.0. The highest BCUT2D eigenvalue weighted by atomic mass is 32.1. The SMILES string of the molecule is CCN(CC(=O)N(C)C)Cn1cc(-c2ccccc2)n(C)c1=S. The molecular formula is C17H24N4OS. The number of amides is 1. The molecule has 1 aromatic heterocycles. The summed E-state index contributed by atoms with van der Waals surface area (Å²) in [6.07, 6.45) is 2.06.